The second-order valence-electron chi connectivity index (χ2n) is 5.56. The Morgan fingerprint density at radius 3 is 2.73 bits per heavy atom. The van der Waals surface area contributed by atoms with Gasteiger partial charge in [0, 0.05) is 12.8 Å². The van der Waals surface area contributed by atoms with Crippen LogP contribution in [0.4, 0.5) is 0 Å². The highest BCUT2D eigenvalue weighted by Crippen LogP contribution is 2.22. The van der Waals surface area contributed by atoms with Crippen LogP contribution in [0.15, 0.2) is 36.5 Å². The Kier molecular flexibility index (Phi) is 6.34. The zero-order valence-corrected chi connectivity index (χ0v) is 13.1. The third kappa shape index (κ3) is 4.81. The molecule has 2 aromatic rings. The number of imidazole rings is 1. The Bertz CT molecular complexity index is 578. The molecule has 0 amide bonds. The molecule has 0 radical (unpaired) electrons. The van der Waals surface area contributed by atoms with Gasteiger partial charge in [-0.2, -0.15) is 0 Å². The zero-order valence-electron chi connectivity index (χ0n) is 13.1. The van der Waals surface area contributed by atoms with Crippen molar-refractivity contribution in [3.63, 3.8) is 0 Å². The van der Waals surface area contributed by atoms with E-state index in [1.807, 2.05) is 37.3 Å². The minimum atomic E-state index is -0.570. The monoisotopic (exact) mass is 300 g/mol. The van der Waals surface area contributed by atoms with Crippen LogP contribution in [0.2, 0.25) is 0 Å². The number of nitrogens with one attached hydrogen (secondary N) is 1. The van der Waals surface area contributed by atoms with E-state index in [9.17, 15) is 9.90 Å². The molecule has 1 aromatic heterocycles. The molecule has 2 rings (SSSR count). The van der Waals surface area contributed by atoms with Gasteiger partial charge in [-0.3, -0.25) is 4.79 Å². The lowest BCUT2D eigenvalue weighted by Crippen LogP contribution is -2.00. The number of aliphatic hydroxyl groups excluding tert-OH is 1. The van der Waals surface area contributed by atoms with Gasteiger partial charge in [0.15, 0.2) is 0 Å². The van der Waals surface area contributed by atoms with E-state index >= 15 is 0 Å². The number of aromatic nitrogens is 2. The molecule has 0 aliphatic carbocycles. The lowest BCUT2D eigenvalue weighted by Gasteiger charge is -2.07. The molecule has 4 nitrogen and oxygen atoms in total. The van der Waals surface area contributed by atoms with E-state index in [0.29, 0.717) is 30.9 Å². The van der Waals surface area contributed by atoms with Gasteiger partial charge >= 0.3 is 0 Å². The normalized spacial score (nSPS) is 12.3. The van der Waals surface area contributed by atoms with Gasteiger partial charge in [-0.15, -0.1) is 0 Å². The fourth-order valence-electron chi connectivity index (χ4n) is 2.42. The number of rotatable bonds is 9. The first kappa shape index (κ1) is 16.4. The summed E-state index contributed by atoms with van der Waals surface area (Å²) in [6.45, 7) is 1.90. The van der Waals surface area contributed by atoms with Gasteiger partial charge in [0.05, 0.1) is 11.9 Å². The number of ketones is 1. The van der Waals surface area contributed by atoms with Crippen LogP contribution in [0.3, 0.4) is 0 Å². The van der Waals surface area contributed by atoms with Gasteiger partial charge in [0.1, 0.15) is 17.7 Å². The van der Waals surface area contributed by atoms with Crippen molar-refractivity contribution in [2.75, 3.05) is 0 Å². The van der Waals surface area contributed by atoms with Crippen LogP contribution < -0.4 is 0 Å². The van der Waals surface area contributed by atoms with E-state index < -0.39 is 6.10 Å². The van der Waals surface area contributed by atoms with E-state index in [4.69, 9.17) is 0 Å². The van der Waals surface area contributed by atoms with Crippen molar-refractivity contribution in [2.45, 2.75) is 51.6 Å². The molecule has 118 valence electrons. The van der Waals surface area contributed by atoms with E-state index in [2.05, 4.69) is 9.97 Å². The molecule has 22 heavy (non-hydrogen) atoms. The van der Waals surface area contributed by atoms with Crippen LogP contribution in [-0.4, -0.2) is 20.9 Å². The highest BCUT2D eigenvalue weighted by molar-refractivity contribution is 5.77. The maximum atomic E-state index is 11.2. The Hall–Kier alpha value is -1.94. The Balaban J connectivity index is 1.77. The van der Waals surface area contributed by atoms with Crippen LogP contribution in [0.1, 0.15) is 57.4 Å². The third-order valence-corrected chi connectivity index (χ3v) is 3.82. The predicted molar refractivity (Wildman–Crippen MR) is 87.4 cm³/mol. The molecule has 1 unspecified atom stereocenters. The summed E-state index contributed by atoms with van der Waals surface area (Å²) in [7, 11) is 0. The number of carbonyl (C=O) groups is 1. The molecule has 0 saturated heterocycles. The maximum absolute atomic E-state index is 11.2. The summed E-state index contributed by atoms with van der Waals surface area (Å²) in [4.78, 5) is 18.7. The highest BCUT2D eigenvalue weighted by Gasteiger charge is 2.12. The van der Waals surface area contributed by atoms with E-state index in [-0.39, 0.29) is 0 Å². The number of Topliss-reactive ketones (excluding diaryl/α,β-unsaturated/α-hetero) is 1. The second kappa shape index (κ2) is 8.49. The Morgan fingerprint density at radius 1 is 1.23 bits per heavy atom. The van der Waals surface area contributed by atoms with E-state index in [0.717, 1.165) is 30.5 Å². The zero-order chi connectivity index (χ0) is 15.8. The third-order valence-electron chi connectivity index (χ3n) is 3.82. The van der Waals surface area contributed by atoms with Crippen LogP contribution in [0.5, 0.6) is 0 Å². The molecule has 4 heteroatoms. The smallest absolute Gasteiger partial charge is 0.135 e. The van der Waals surface area contributed by atoms with Crippen LogP contribution in [0, 0.1) is 0 Å². The summed E-state index contributed by atoms with van der Waals surface area (Å²) < 4.78 is 0. The van der Waals surface area contributed by atoms with Crippen LogP contribution in [0.25, 0.3) is 11.3 Å². The Labute approximate surface area is 131 Å². The lowest BCUT2D eigenvalue weighted by molar-refractivity contribution is -0.118. The van der Waals surface area contributed by atoms with Gasteiger partial charge < -0.3 is 10.1 Å². The number of nitrogens with zero attached hydrogens (tertiary/aromatic N) is 1. The largest absolute Gasteiger partial charge is 0.385 e. The highest BCUT2D eigenvalue weighted by atomic mass is 16.3. The summed E-state index contributed by atoms with van der Waals surface area (Å²) in [5.41, 5.74) is 1.98. The molecule has 0 fully saturated rings. The SMILES string of the molecule is CCC(=O)CCCCCC(O)c1ncc(-c2ccccc2)[nH]1. The topological polar surface area (TPSA) is 66.0 Å². The molecular weight excluding hydrogens is 276 g/mol. The molecule has 1 heterocycles. The van der Waals surface area contributed by atoms with E-state index in [1.54, 1.807) is 6.20 Å². The summed E-state index contributed by atoms with van der Waals surface area (Å²) >= 11 is 0. The van der Waals surface area contributed by atoms with Crippen molar-refractivity contribution in [3.05, 3.63) is 42.4 Å². The summed E-state index contributed by atoms with van der Waals surface area (Å²) in [6, 6.07) is 9.94. The number of hydrogen-bond acceptors (Lipinski definition) is 3. The maximum Gasteiger partial charge on any atom is 0.135 e. The lowest BCUT2D eigenvalue weighted by atomic mass is 10.1. The van der Waals surface area contributed by atoms with Crippen molar-refractivity contribution in [2.24, 2.45) is 0 Å². The quantitative estimate of drug-likeness (QED) is 0.687. The number of benzene rings is 1. The molecule has 2 N–H and O–H groups in total. The molecule has 0 saturated carbocycles. The van der Waals surface area contributed by atoms with Gasteiger partial charge in [-0.25, -0.2) is 4.98 Å². The molecule has 0 spiro atoms. The average Bonchev–Trinajstić information content (AvgIpc) is 3.05. The second-order valence-corrected chi connectivity index (χ2v) is 5.56. The molecular formula is C18H24N2O2. The van der Waals surface area contributed by atoms with Gasteiger partial charge in [-0.05, 0) is 18.4 Å². The number of unbranched alkanes of at least 4 members (excludes halogenated alkanes) is 2. The summed E-state index contributed by atoms with van der Waals surface area (Å²) in [5, 5.41) is 10.2. The number of aliphatic hydroxyl groups is 1. The molecule has 1 aromatic carbocycles. The number of hydrogen-bond donors (Lipinski definition) is 2. The molecule has 0 bridgehead atoms. The van der Waals surface area contributed by atoms with Crippen molar-refractivity contribution < 1.29 is 9.90 Å². The van der Waals surface area contributed by atoms with Gasteiger partial charge in [0.2, 0.25) is 0 Å². The van der Waals surface area contributed by atoms with Crippen molar-refractivity contribution in [3.8, 4) is 11.3 Å². The number of H-pyrrole nitrogens is 1. The van der Waals surface area contributed by atoms with Crippen molar-refractivity contribution >= 4 is 5.78 Å². The first-order valence-corrected chi connectivity index (χ1v) is 8.00. The first-order chi connectivity index (χ1) is 10.7. The first-order valence-electron chi connectivity index (χ1n) is 8.00. The summed E-state index contributed by atoms with van der Waals surface area (Å²) in [6.07, 6.45) is 5.92. The fraction of sp³-hybridized carbons (Fsp3) is 0.444. The number of aromatic amines is 1. The Morgan fingerprint density at radius 2 is 2.00 bits per heavy atom. The minimum absolute atomic E-state index is 0.319. The van der Waals surface area contributed by atoms with Crippen LogP contribution >= 0.6 is 0 Å². The standard InChI is InChI=1S/C18H24N2O2/c1-2-15(21)11-7-4-8-12-17(22)18-19-13-16(20-18)14-9-5-3-6-10-14/h3,5-6,9-10,13,17,22H,2,4,7-8,11-12H2,1H3,(H,19,20). The minimum Gasteiger partial charge on any atom is -0.385 e. The van der Waals surface area contributed by atoms with Gasteiger partial charge in [-0.1, -0.05) is 50.1 Å². The molecule has 0 aliphatic heterocycles. The molecule has 0 aliphatic rings. The van der Waals surface area contributed by atoms with Gasteiger partial charge in [0.25, 0.3) is 0 Å². The summed E-state index contributed by atoms with van der Waals surface area (Å²) in [5.74, 6) is 0.933. The van der Waals surface area contributed by atoms with E-state index in [1.165, 1.54) is 0 Å². The number of carbonyl (C=O) groups excluding carboxylic acids is 1. The van der Waals surface area contributed by atoms with Crippen LogP contribution in [-0.2, 0) is 4.79 Å². The molecule has 1 atom stereocenters. The fourth-order valence-corrected chi connectivity index (χ4v) is 2.42. The van der Waals surface area contributed by atoms with Crippen molar-refractivity contribution in [1.29, 1.82) is 0 Å². The van der Waals surface area contributed by atoms with Crippen molar-refractivity contribution in [1.82, 2.24) is 9.97 Å². The predicted octanol–water partition coefficient (Wildman–Crippen LogP) is 4.04. The average molecular weight is 300 g/mol.